The number of piperidine rings is 1. The van der Waals surface area contributed by atoms with Crippen LogP contribution in [0.15, 0.2) is 12.1 Å². The normalized spacial score (nSPS) is 16.0. The van der Waals surface area contributed by atoms with Crippen molar-refractivity contribution < 1.29 is 9.53 Å². The van der Waals surface area contributed by atoms with Crippen molar-refractivity contribution >= 4 is 27.5 Å². The fourth-order valence-corrected chi connectivity index (χ4v) is 4.55. The summed E-state index contributed by atoms with van der Waals surface area (Å²) in [6.45, 7) is 9.99. The van der Waals surface area contributed by atoms with E-state index in [1.165, 1.54) is 15.8 Å². The second-order valence-corrected chi connectivity index (χ2v) is 7.97. The number of nitrogens with zero attached hydrogens (tertiary/aromatic N) is 2. The molecule has 5 heteroatoms. The minimum Gasteiger partial charge on any atom is -0.467 e. The van der Waals surface area contributed by atoms with E-state index in [1.807, 2.05) is 4.90 Å². The molecule has 0 radical (unpaired) electrons. The van der Waals surface area contributed by atoms with Gasteiger partial charge in [-0.25, -0.2) is 4.98 Å². The Morgan fingerprint density at radius 2 is 1.88 bits per heavy atom. The van der Waals surface area contributed by atoms with Crippen molar-refractivity contribution in [2.45, 2.75) is 59.5 Å². The topological polar surface area (TPSA) is 42.4 Å². The minimum absolute atomic E-state index is 0.159. The lowest BCUT2D eigenvalue weighted by Gasteiger charge is -2.33. The summed E-state index contributed by atoms with van der Waals surface area (Å²) in [7, 11) is 0. The fraction of sp³-hybridized carbons (Fsp3) is 0.600. The van der Waals surface area contributed by atoms with Crippen LogP contribution in [0.2, 0.25) is 0 Å². The average Bonchev–Trinajstić information content (AvgIpc) is 3.05. The van der Waals surface area contributed by atoms with Gasteiger partial charge in [0.05, 0.1) is 10.2 Å². The Hall–Kier alpha value is -1.62. The quantitative estimate of drug-likeness (QED) is 0.775. The zero-order valence-electron chi connectivity index (χ0n) is 15.7. The summed E-state index contributed by atoms with van der Waals surface area (Å²) in [5, 5.41) is 0.761. The van der Waals surface area contributed by atoms with E-state index in [4.69, 9.17) is 9.72 Å². The Balaban J connectivity index is 1.62. The highest BCUT2D eigenvalue weighted by Gasteiger charge is 2.27. The number of hydrogen-bond donors (Lipinski definition) is 0. The van der Waals surface area contributed by atoms with Gasteiger partial charge in [-0.2, -0.15) is 0 Å². The molecule has 0 spiro atoms. The number of amides is 1. The first-order chi connectivity index (χ1) is 12.0. The van der Waals surface area contributed by atoms with Crippen LogP contribution in [0.5, 0.6) is 5.19 Å². The lowest BCUT2D eigenvalue weighted by Crippen LogP contribution is -2.44. The maximum absolute atomic E-state index is 12.5. The molecule has 2 aromatic rings. The largest absolute Gasteiger partial charge is 0.467 e. The van der Waals surface area contributed by atoms with E-state index in [-0.39, 0.29) is 12.0 Å². The predicted octanol–water partition coefficient (Wildman–Crippen LogP) is 4.72. The third-order valence-electron chi connectivity index (χ3n) is 5.28. The second kappa shape index (κ2) is 7.73. The Labute approximate surface area is 154 Å². The number of hydrogen-bond acceptors (Lipinski definition) is 4. The van der Waals surface area contributed by atoms with Gasteiger partial charge in [-0.1, -0.05) is 37.3 Å². The van der Waals surface area contributed by atoms with Crippen LogP contribution in [0.25, 0.3) is 10.2 Å². The number of likely N-dealkylation sites (tertiary alicyclic amines) is 1. The molecule has 1 fully saturated rings. The molecule has 25 heavy (non-hydrogen) atoms. The molecular formula is C20H28N2O2S. The smallest absolute Gasteiger partial charge is 0.274 e. The third-order valence-corrected chi connectivity index (χ3v) is 6.36. The third kappa shape index (κ3) is 3.81. The van der Waals surface area contributed by atoms with E-state index in [0.717, 1.165) is 49.5 Å². The van der Waals surface area contributed by atoms with E-state index < -0.39 is 0 Å². The number of fused-ring (bicyclic) bond motifs is 1. The van der Waals surface area contributed by atoms with Crippen molar-refractivity contribution in [2.75, 3.05) is 13.1 Å². The molecule has 3 rings (SSSR count). The fourth-order valence-electron chi connectivity index (χ4n) is 3.52. The van der Waals surface area contributed by atoms with E-state index in [9.17, 15) is 4.79 Å². The highest BCUT2D eigenvalue weighted by Crippen LogP contribution is 2.33. The standard InChI is InChI=1S/C20H28N2O2S/c1-5-15(6-2)19(23)22-11-9-16(10-12-22)24-20-21-17-13(3)7-8-14(4)18(17)25-20/h7-8,15-16H,5-6,9-12H2,1-4H3. The van der Waals surface area contributed by atoms with Crippen LogP contribution in [0.1, 0.15) is 50.7 Å². The van der Waals surface area contributed by atoms with Gasteiger partial charge in [0.15, 0.2) is 0 Å². The first-order valence-corrected chi connectivity index (χ1v) is 10.2. The summed E-state index contributed by atoms with van der Waals surface area (Å²) in [5.74, 6) is 0.488. The minimum atomic E-state index is 0.159. The van der Waals surface area contributed by atoms with Gasteiger partial charge in [-0.05, 0) is 37.8 Å². The van der Waals surface area contributed by atoms with Gasteiger partial charge in [-0.3, -0.25) is 4.79 Å². The van der Waals surface area contributed by atoms with Crippen LogP contribution in [0, 0.1) is 19.8 Å². The number of carbonyl (C=O) groups is 1. The lowest BCUT2D eigenvalue weighted by molar-refractivity contribution is -0.137. The van der Waals surface area contributed by atoms with Crippen molar-refractivity contribution in [3.05, 3.63) is 23.3 Å². The summed E-state index contributed by atoms with van der Waals surface area (Å²) in [4.78, 5) is 19.2. The van der Waals surface area contributed by atoms with Gasteiger partial charge < -0.3 is 9.64 Å². The molecule has 0 bridgehead atoms. The van der Waals surface area contributed by atoms with Crippen molar-refractivity contribution in [1.29, 1.82) is 0 Å². The number of aryl methyl sites for hydroxylation is 2. The SMILES string of the molecule is CCC(CC)C(=O)N1CCC(Oc2nc3c(C)ccc(C)c3s2)CC1. The van der Waals surface area contributed by atoms with Gasteiger partial charge in [0.25, 0.3) is 5.19 Å². The molecule has 0 atom stereocenters. The van der Waals surface area contributed by atoms with Crippen LogP contribution in [0.3, 0.4) is 0 Å². The molecule has 0 saturated carbocycles. The Morgan fingerprint density at radius 3 is 2.48 bits per heavy atom. The molecule has 136 valence electrons. The molecule has 1 saturated heterocycles. The van der Waals surface area contributed by atoms with Crippen molar-refractivity contribution in [1.82, 2.24) is 9.88 Å². The van der Waals surface area contributed by atoms with Crippen LogP contribution in [-0.2, 0) is 4.79 Å². The zero-order chi connectivity index (χ0) is 18.0. The van der Waals surface area contributed by atoms with Crippen LogP contribution < -0.4 is 4.74 Å². The maximum Gasteiger partial charge on any atom is 0.274 e. The summed E-state index contributed by atoms with van der Waals surface area (Å²) >= 11 is 1.64. The molecule has 0 unspecified atom stereocenters. The molecule has 1 aromatic heterocycles. The van der Waals surface area contributed by atoms with E-state index in [0.29, 0.717) is 5.91 Å². The summed E-state index contributed by atoms with van der Waals surface area (Å²) in [6, 6.07) is 4.25. The van der Waals surface area contributed by atoms with Crippen molar-refractivity contribution in [2.24, 2.45) is 5.92 Å². The number of carbonyl (C=O) groups excluding carboxylic acids is 1. The first kappa shape index (κ1) is 18.2. The number of ether oxygens (including phenoxy) is 1. The number of aromatic nitrogens is 1. The molecular weight excluding hydrogens is 332 g/mol. The second-order valence-electron chi connectivity index (χ2n) is 7.01. The summed E-state index contributed by atoms with van der Waals surface area (Å²) in [6.07, 6.45) is 3.79. The van der Waals surface area contributed by atoms with Gasteiger partial charge in [0, 0.05) is 31.8 Å². The monoisotopic (exact) mass is 360 g/mol. The number of thiazole rings is 1. The van der Waals surface area contributed by atoms with Crippen molar-refractivity contribution in [3.63, 3.8) is 0 Å². The molecule has 1 aliphatic heterocycles. The average molecular weight is 361 g/mol. The maximum atomic E-state index is 12.5. The molecule has 1 aliphatic rings. The van der Waals surface area contributed by atoms with Crippen LogP contribution >= 0.6 is 11.3 Å². The van der Waals surface area contributed by atoms with Crippen molar-refractivity contribution in [3.8, 4) is 5.19 Å². The van der Waals surface area contributed by atoms with Gasteiger partial charge >= 0.3 is 0 Å². The zero-order valence-corrected chi connectivity index (χ0v) is 16.5. The van der Waals surface area contributed by atoms with E-state index in [1.54, 1.807) is 11.3 Å². The van der Waals surface area contributed by atoms with Gasteiger partial charge in [0.1, 0.15) is 6.10 Å². The number of benzene rings is 1. The molecule has 2 heterocycles. The summed E-state index contributed by atoms with van der Waals surface area (Å²) in [5.41, 5.74) is 3.50. The number of rotatable bonds is 5. The highest BCUT2D eigenvalue weighted by atomic mass is 32.1. The predicted molar refractivity (Wildman–Crippen MR) is 103 cm³/mol. The van der Waals surface area contributed by atoms with Crippen LogP contribution in [-0.4, -0.2) is 35.0 Å². The highest BCUT2D eigenvalue weighted by molar-refractivity contribution is 7.20. The van der Waals surface area contributed by atoms with Gasteiger partial charge in [0.2, 0.25) is 5.91 Å². The first-order valence-electron chi connectivity index (χ1n) is 9.35. The molecule has 0 N–H and O–H groups in total. The van der Waals surface area contributed by atoms with E-state index >= 15 is 0 Å². The Bertz CT molecular complexity index is 704. The lowest BCUT2D eigenvalue weighted by atomic mass is 9.99. The molecule has 1 amide bonds. The Morgan fingerprint density at radius 1 is 1.24 bits per heavy atom. The molecule has 4 nitrogen and oxygen atoms in total. The molecule has 0 aliphatic carbocycles. The van der Waals surface area contributed by atoms with E-state index in [2.05, 4.69) is 39.8 Å². The Kier molecular flexibility index (Phi) is 5.62. The molecule has 1 aromatic carbocycles. The van der Waals surface area contributed by atoms with Crippen LogP contribution in [0.4, 0.5) is 0 Å². The summed E-state index contributed by atoms with van der Waals surface area (Å²) < 4.78 is 7.38. The van der Waals surface area contributed by atoms with Gasteiger partial charge in [-0.15, -0.1) is 0 Å².